The fourth-order valence-electron chi connectivity index (χ4n) is 1.73. The zero-order valence-corrected chi connectivity index (χ0v) is 10.0. The Morgan fingerprint density at radius 1 is 1.16 bits per heavy atom. The largest absolute Gasteiger partial charge is 0.416 e. The number of carbonyl (C=O) groups is 1. The van der Waals surface area contributed by atoms with Gasteiger partial charge in [0.1, 0.15) is 0 Å². The standard InChI is InChI=1S/C14H10F3NO/c1-9-2-3-10(7-18-9)13-5-4-12(14(15,16)17)6-11(13)8-19/h2-8H,1H3. The fraction of sp³-hybridized carbons (Fsp3) is 0.143. The third kappa shape index (κ3) is 2.81. The molecule has 0 fully saturated rings. The number of pyridine rings is 1. The van der Waals surface area contributed by atoms with E-state index in [-0.39, 0.29) is 5.56 Å². The maximum absolute atomic E-state index is 12.6. The van der Waals surface area contributed by atoms with Crippen LogP contribution in [0.4, 0.5) is 13.2 Å². The van der Waals surface area contributed by atoms with Crippen molar-refractivity contribution in [2.24, 2.45) is 0 Å². The van der Waals surface area contributed by atoms with E-state index < -0.39 is 11.7 Å². The highest BCUT2D eigenvalue weighted by Crippen LogP contribution is 2.32. The quantitative estimate of drug-likeness (QED) is 0.771. The molecule has 1 aromatic heterocycles. The highest BCUT2D eigenvalue weighted by molar-refractivity contribution is 5.87. The maximum Gasteiger partial charge on any atom is 0.416 e. The van der Waals surface area contributed by atoms with E-state index in [1.807, 2.05) is 0 Å². The van der Waals surface area contributed by atoms with Gasteiger partial charge < -0.3 is 0 Å². The molecule has 19 heavy (non-hydrogen) atoms. The van der Waals surface area contributed by atoms with E-state index in [1.165, 1.54) is 12.3 Å². The van der Waals surface area contributed by atoms with Gasteiger partial charge in [-0.2, -0.15) is 13.2 Å². The van der Waals surface area contributed by atoms with Crippen LogP contribution in [0, 0.1) is 6.92 Å². The molecule has 0 saturated carbocycles. The van der Waals surface area contributed by atoms with Crippen LogP contribution in [0.1, 0.15) is 21.6 Å². The van der Waals surface area contributed by atoms with Gasteiger partial charge in [0, 0.05) is 23.0 Å². The van der Waals surface area contributed by atoms with E-state index in [4.69, 9.17) is 0 Å². The van der Waals surface area contributed by atoms with Gasteiger partial charge in [0.15, 0.2) is 6.29 Å². The molecule has 0 saturated heterocycles. The first-order chi connectivity index (χ1) is 8.91. The molecular formula is C14H10F3NO. The van der Waals surface area contributed by atoms with E-state index in [0.29, 0.717) is 17.4 Å². The Morgan fingerprint density at radius 3 is 2.42 bits per heavy atom. The molecule has 1 aromatic carbocycles. The molecule has 0 spiro atoms. The minimum absolute atomic E-state index is 0.000443. The number of rotatable bonds is 2. The van der Waals surface area contributed by atoms with Gasteiger partial charge in [0.05, 0.1) is 5.56 Å². The first-order valence-electron chi connectivity index (χ1n) is 5.51. The van der Waals surface area contributed by atoms with Gasteiger partial charge >= 0.3 is 6.18 Å². The Morgan fingerprint density at radius 2 is 1.89 bits per heavy atom. The maximum atomic E-state index is 12.6. The predicted octanol–water partition coefficient (Wildman–Crippen LogP) is 3.89. The molecule has 0 aliphatic rings. The second-order valence-corrected chi connectivity index (χ2v) is 4.11. The van der Waals surface area contributed by atoms with Gasteiger partial charge in [-0.15, -0.1) is 0 Å². The van der Waals surface area contributed by atoms with Gasteiger partial charge in [-0.1, -0.05) is 12.1 Å². The molecule has 0 N–H and O–H groups in total. The molecule has 0 bridgehead atoms. The Labute approximate surface area is 107 Å². The molecule has 1 heterocycles. The second kappa shape index (κ2) is 4.84. The highest BCUT2D eigenvalue weighted by atomic mass is 19.4. The van der Waals surface area contributed by atoms with Crippen LogP contribution in [-0.2, 0) is 6.18 Å². The summed E-state index contributed by atoms with van der Waals surface area (Å²) in [4.78, 5) is 15.0. The zero-order chi connectivity index (χ0) is 14.0. The van der Waals surface area contributed by atoms with Crippen LogP contribution in [0.2, 0.25) is 0 Å². The van der Waals surface area contributed by atoms with Crippen molar-refractivity contribution < 1.29 is 18.0 Å². The van der Waals surface area contributed by atoms with Gasteiger partial charge in [-0.3, -0.25) is 9.78 Å². The molecule has 5 heteroatoms. The summed E-state index contributed by atoms with van der Waals surface area (Å²) < 4.78 is 37.7. The minimum atomic E-state index is -4.46. The van der Waals surface area contributed by atoms with Crippen molar-refractivity contribution in [3.8, 4) is 11.1 Å². The summed E-state index contributed by atoms with van der Waals surface area (Å²) in [7, 11) is 0. The van der Waals surface area contributed by atoms with E-state index in [1.54, 1.807) is 19.1 Å². The topological polar surface area (TPSA) is 30.0 Å². The van der Waals surface area contributed by atoms with Gasteiger partial charge in [-0.25, -0.2) is 0 Å². The lowest BCUT2D eigenvalue weighted by Gasteiger charge is -2.10. The number of alkyl halides is 3. The number of aryl methyl sites for hydroxylation is 1. The molecule has 0 unspecified atom stereocenters. The molecule has 0 aliphatic heterocycles. The molecule has 0 radical (unpaired) electrons. The summed E-state index contributed by atoms with van der Waals surface area (Å²) in [6.45, 7) is 1.80. The lowest BCUT2D eigenvalue weighted by Crippen LogP contribution is -2.06. The van der Waals surface area contributed by atoms with Gasteiger partial charge in [0.2, 0.25) is 0 Å². The van der Waals surface area contributed by atoms with Crippen LogP contribution in [0.5, 0.6) is 0 Å². The zero-order valence-electron chi connectivity index (χ0n) is 10.0. The van der Waals surface area contributed by atoms with Gasteiger partial charge in [0.25, 0.3) is 0 Å². The molecule has 2 rings (SSSR count). The average Bonchev–Trinajstić information content (AvgIpc) is 2.38. The lowest BCUT2D eigenvalue weighted by molar-refractivity contribution is -0.137. The number of benzene rings is 1. The summed E-state index contributed by atoms with van der Waals surface area (Å²) in [5.41, 5.74) is 1.01. The summed E-state index contributed by atoms with van der Waals surface area (Å²) in [6.07, 6.45) is -2.50. The Kier molecular flexibility index (Phi) is 3.38. The Hall–Kier alpha value is -2.17. The number of nitrogens with zero attached hydrogens (tertiary/aromatic N) is 1. The normalized spacial score (nSPS) is 11.4. The highest BCUT2D eigenvalue weighted by Gasteiger charge is 2.31. The molecular weight excluding hydrogens is 255 g/mol. The lowest BCUT2D eigenvalue weighted by atomic mass is 9.99. The van der Waals surface area contributed by atoms with Crippen LogP contribution >= 0.6 is 0 Å². The average molecular weight is 265 g/mol. The molecule has 2 aromatic rings. The molecule has 98 valence electrons. The summed E-state index contributed by atoms with van der Waals surface area (Å²) in [5, 5.41) is 0. The Bertz CT molecular complexity index is 603. The first kappa shape index (κ1) is 13.3. The summed E-state index contributed by atoms with van der Waals surface area (Å²) in [6, 6.07) is 6.56. The van der Waals surface area contributed by atoms with Crippen molar-refractivity contribution in [1.29, 1.82) is 0 Å². The van der Waals surface area contributed by atoms with Crippen LogP contribution < -0.4 is 0 Å². The number of aldehydes is 1. The van der Waals surface area contributed by atoms with E-state index >= 15 is 0 Å². The van der Waals surface area contributed by atoms with Crippen LogP contribution in [0.3, 0.4) is 0 Å². The third-order valence-corrected chi connectivity index (χ3v) is 2.73. The number of aromatic nitrogens is 1. The molecule has 0 aliphatic carbocycles. The smallest absolute Gasteiger partial charge is 0.298 e. The van der Waals surface area contributed by atoms with Crippen molar-refractivity contribution in [3.05, 3.63) is 53.3 Å². The number of hydrogen-bond donors (Lipinski definition) is 0. The fourth-order valence-corrected chi connectivity index (χ4v) is 1.73. The second-order valence-electron chi connectivity index (χ2n) is 4.11. The van der Waals surface area contributed by atoms with E-state index in [2.05, 4.69) is 4.98 Å². The van der Waals surface area contributed by atoms with Crippen LogP contribution in [0.25, 0.3) is 11.1 Å². The van der Waals surface area contributed by atoms with Crippen molar-refractivity contribution in [2.45, 2.75) is 13.1 Å². The molecule has 2 nitrogen and oxygen atoms in total. The number of hydrogen-bond acceptors (Lipinski definition) is 2. The van der Waals surface area contributed by atoms with E-state index in [9.17, 15) is 18.0 Å². The van der Waals surface area contributed by atoms with Crippen molar-refractivity contribution in [2.75, 3.05) is 0 Å². The number of carbonyl (C=O) groups excluding carboxylic acids is 1. The predicted molar refractivity (Wildman–Crippen MR) is 64.8 cm³/mol. The Balaban J connectivity index is 2.53. The monoisotopic (exact) mass is 265 g/mol. The summed E-state index contributed by atoms with van der Waals surface area (Å²) >= 11 is 0. The van der Waals surface area contributed by atoms with E-state index in [0.717, 1.165) is 17.8 Å². The minimum Gasteiger partial charge on any atom is -0.298 e. The van der Waals surface area contributed by atoms with Crippen molar-refractivity contribution in [1.82, 2.24) is 4.98 Å². The van der Waals surface area contributed by atoms with Crippen LogP contribution in [0.15, 0.2) is 36.5 Å². The number of halogens is 3. The SMILES string of the molecule is Cc1ccc(-c2ccc(C(F)(F)F)cc2C=O)cn1. The third-order valence-electron chi connectivity index (χ3n) is 2.73. The summed E-state index contributed by atoms with van der Waals surface area (Å²) in [5.74, 6) is 0. The first-order valence-corrected chi connectivity index (χ1v) is 5.51. The molecule has 0 atom stereocenters. The van der Waals surface area contributed by atoms with Crippen LogP contribution in [-0.4, -0.2) is 11.3 Å². The van der Waals surface area contributed by atoms with Crippen molar-refractivity contribution in [3.63, 3.8) is 0 Å². The van der Waals surface area contributed by atoms with Gasteiger partial charge in [-0.05, 0) is 30.7 Å². The molecule has 0 amide bonds. The van der Waals surface area contributed by atoms with Crippen molar-refractivity contribution >= 4 is 6.29 Å².